The minimum Gasteiger partial charge on any atom is -0.463 e. The molecule has 22 heavy (non-hydrogen) atoms. The second-order valence-corrected chi connectivity index (χ2v) is 5.85. The van der Waals surface area contributed by atoms with E-state index in [4.69, 9.17) is 8.85 Å². The van der Waals surface area contributed by atoms with Crippen LogP contribution in [0.25, 0.3) is 10.9 Å². The standard InChI is InChI=1S/C13H13BrN6O2/c1-13(2,12-18-6-20(3)19-12)22-11-8-9(7(14)4-15-11)16-5-17-10(8)21/h4-6H,1-3H3,(H,16,17,21)/i3D3. The molecule has 0 aromatic carbocycles. The maximum absolute atomic E-state index is 12.2. The number of aromatic amines is 1. The molecule has 0 radical (unpaired) electrons. The number of nitrogens with one attached hydrogen (secondary N) is 1. The summed E-state index contributed by atoms with van der Waals surface area (Å²) in [7, 11) is 0. The first-order valence-electron chi connectivity index (χ1n) is 7.73. The van der Waals surface area contributed by atoms with E-state index in [-0.39, 0.29) is 17.1 Å². The lowest BCUT2D eigenvalue weighted by Crippen LogP contribution is -2.28. The highest BCUT2D eigenvalue weighted by Gasteiger charge is 2.29. The molecular formula is C13H13BrN6O2. The van der Waals surface area contributed by atoms with Crippen molar-refractivity contribution in [3.8, 4) is 5.88 Å². The summed E-state index contributed by atoms with van der Waals surface area (Å²) in [5.41, 5.74) is -1.15. The molecule has 0 spiro atoms. The summed E-state index contributed by atoms with van der Waals surface area (Å²) in [5, 5.41) is 4.12. The van der Waals surface area contributed by atoms with Gasteiger partial charge in [-0.1, -0.05) is 0 Å². The molecule has 0 atom stereocenters. The molecule has 0 amide bonds. The van der Waals surface area contributed by atoms with Gasteiger partial charge in [-0.05, 0) is 29.8 Å². The van der Waals surface area contributed by atoms with Gasteiger partial charge in [0.25, 0.3) is 5.56 Å². The average Bonchev–Trinajstić information content (AvgIpc) is 3.01. The van der Waals surface area contributed by atoms with E-state index in [2.05, 4.69) is 41.0 Å². The zero-order chi connectivity index (χ0) is 18.4. The molecule has 1 N–H and O–H groups in total. The van der Waals surface area contributed by atoms with Gasteiger partial charge >= 0.3 is 0 Å². The number of ether oxygens (including phenoxy) is 1. The van der Waals surface area contributed by atoms with Crippen molar-refractivity contribution in [2.75, 3.05) is 0 Å². The van der Waals surface area contributed by atoms with Gasteiger partial charge in [-0.25, -0.2) is 15.0 Å². The minimum absolute atomic E-state index is 0.0442. The Kier molecular flexibility index (Phi) is 2.65. The Morgan fingerprint density at radius 2 is 2.23 bits per heavy atom. The normalized spacial score (nSPS) is 14.4. The van der Waals surface area contributed by atoms with E-state index < -0.39 is 18.1 Å². The molecule has 3 aromatic rings. The lowest BCUT2D eigenvalue weighted by Gasteiger charge is -2.23. The molecule has 0 unspecified atom stereocenters. The molecule has 0 fully saturated rings. The van der Waals surface area contributed by atoms with Gasteiger partial charge in [0.2, 0.25) is 5.88 Å². The van der Waals surface area contributed by atoms with Crippen molar-refractivity contribution in [3.63, 3.8) is 0 Å². The molecule has 8 nitrogen and oxygen atoms in total. The van der Waals surface area contributed by atoms with Gasteiger partial charge in [0, 0.05) is 17.3 Å². The van der Waals surface area contributed by atoms with Crippen LogP contribution in [0.1, 0.15) is 23.8 Å². The highest BCUT2D eigenvalue weighted by molar-refractivity contribution is 9.10. The molecule has 0 aliphatic carbocycles. The molecule has 0 bridgehead atoms. The molecule has 0 saturated heterocycles. The van der Waals surface area contributed by atoms with Gasteiger partial charge in [-0.2, -0.15) is 5.10 Å². The zero-order valence-corrected chi connectivity index (χ0v) is 13.2. The Morgan fingerprint density at radius 3 is 2.95 bits per heavy atom. The van der Waals surface area contributed by atoms with Crippen LogP contribution in [0.5, 0.6) is 5.88 Å². The smallest absolute Gasteiger partial charge is 0.264 e. The van der Waals surface area contributed by atoms with E-state index in [1.165, 1.54) is 12.5 Å². The van der Waals surface area contributed by atoms with Crippen molar-refractivity contribution in [2.45, 2.75) is 19.4 Å². The summed E-state index contributed by atoms with van der Waals surface area (Å²) in [6.07, 6.45) is 3.85. The SMILES string of the molecule is [2H]C([2H])([2H])n1cnc(C(C)(C)Oc2ncc(Br)c3nc[nH]c(=O)c23)n1. The van der Waals surface area contributed by atoms with Crippen molar-refractivity contribution in [1.29, 1.82) is 0 Å². The van der Waals surface area contributed by atoms with E-state index in [0.29, 0.717) is 9.99 Å². The number of hydrogen-bond donors (Lipinski definition) is 1. The number of hydrogen-bond acceptors (Lipinski definition) is 6. The van der Waals surface area contributed by atoms with E-state index >= 15 is 0 Å². The van der Waals surface area contributed by atoms with Crippen molar-refractivity contribution < 1.29 is 8.85 Å². The average molecular weight is 368 g/mol. The third-order valence-electron chi connectivity index (χ3n) is 2.97. The summed E-state index contributed by atoms with van der Waals surface area (Å²) in [6, 6.07) is 0. The van der Waals surface area contributed by atoms with E-state index in [0.717, 1.165) is 11.0 Å². The molecule has 9 heteroatoms. The Labute approximate surface area is 137 Å². The van der Waals surface area contributed by atoms with E-state index in [9.17, 15) is 4.79 Å². The molecule has 0 aliphatic rings. The Hall–Kier alpha value is -2.29. The molecule has 0 aliphatic heterocycles. The van der Waals surface area contributed by atoms with Gasteiger partial charge in [0.15, 0.2) is 11.4 Å². The van der Waals surface area contributed by atoms with Crippen LogP contribution in [0, 0.1) is 0 Å². The van der Waals surface area contributed by atoms with E-state index in [1.54, 1.807) is 13.8 Å². The van der Waals surface area contributed by atoms with Crippen LogP contribution in [0.3, 0.4) is 0 Å². The number of halogens is 1. The van der Waals surface area contributed by atoms with Gasteiger partial charge in [-0.15, -0.1) is 0 Å². The zero-order valence-electron chi connectivity index (χ0n) is 14.7. The number of pyridine rings is 1. The first-order chi connectivity index (χ1) is 11.6. The van der Waals surface area contributed by atoms with Crippen LogP contribution >= 0.6 is 15.9 Å². The summed E-state index contributed by atoms with van der Waals surface area (Å²) < 4.78 is 29.2. The van der Waals surface area contributed by atoms with Crippen LogP contribution in [-0.2, 0) is 12.6 Å². The largest absolute Gasteiger partial charge is 0.463 e. The summed E-state index contributed by atoms with van der Waals surface area (Å²) >= 11 is 3.29. The minimum atomic E-state index is -2.44. The molecule has 3 heterocycles. The topological polar surface area (TPSA) is 98.6 Å². The number of H-pyrrole nitrogens is 1. The predicted molar refractivity (Wildman–Crippen MR) is 82.5 cm³/mol. The van der Waals surface area contributed by atoms with Crippen LogP contribution in [0.15, 0.2) is 28.1 Å². The fraction of sp³-hybridized carbons (Fsp3) is 0.308. The van der Waals surface area contributed by atoms with Crippen LogP contribution < -0.4 is 10.3 Å². The van der Waals surface area contributed by atoms with Crippen molar-refractivity contribution in [1.82, 2.24) is 29.7 Å². The fourth-order valence-corrected chi connectivity index (χ4v) is 2.33. The summed E-state index contributed by atoms with van der Waals surface area (Å²) in [5.74, 6) is 0.185. The quantitative estimate of drug-likeness (QED) is 0.753. The molecular weight excluding hydrogens is 352 g/mol. The molecule has 0 saturated carbocycles. The monoisotopic (exact) mass is 367 g/mol. The third kappa shape index (κ3) is 2.47. The van der Waals surface area contributed by atoms with Gasteiger partial charge < -0.3 is 9.72 Å². The maximum Gasteiger partial charge on any atom is 0.264 e. The number of aromatic nitrogens is 6. The highest BCUT2D eigenvalue weighted by atomic mass is 79.9. The van der Waals surface area contributed by atoms with Gasteiger partial charge in [0.05, 0.1) is 16.3 Å². The molecule has 114 valence electrons. The maximum atomic E-state index is 12.2. The van der Waals surface area contributed by atoms with Crippen molar-refractivity contribution in [3.05, 3.63) is 39.5 Å². The Balaban J connectivity index is 2.05. The number of fused-ring (bicyclic) bond motifs is 1. The second-order valence-electron chi connectivity index (χ2n) is 4.99. The third-order valence-corrected chi connectivity index (χ3v) is 3.55. The van der Waals surface area contributed by atoms with Gasteiger partial charge in [-0.3, -0.25) is 9.48 Å². The number of rotatable bonds is 3. The summed E-state index contributed by atoms with van der Waals surface area (Å²) in [4.78, 5) is 26.9. The Bertz CT molecular complexity index is 997. The van der Waals surface area contributed by atoms with Crippen LogP contribution in [0.2, 0.25) is 0 Å². The lowest BCUT2D eigenvalue weighted by atomic mass is 10.1. The van der Waals surface area contributed by atoms with E-state index in [1.807, 2.05) is 0 Å². The number of nitrogens with zero attached hydrogens (tertiary/aromatic N) is 5. The van der Waals surface area contributed by atoms with Crippen LogP contribution in [0.4, 0.5) is 0 Å². The second kappa shape index (κ2) is 5.16. The first-order valence-corrected chi connectivity index (χ1v) is 7.02. The summed E-state index contributed by atoms with van der Waals surface area (Å²) in [6.45, 7) is 0.851. The Morgan fingerprint density at radius 1 is 1.41 bits per heavy atom. The van der Waals surface area contributed by atoms with Crippen molar-refractivity contribution in [2.24, 2.45) is 6.98 Å². The molecule has 3 aromatic heterocycles. The fourth-order valence-electron chi connectivity index (χ4n) is 1.92. The lowest BCUT2D eigenvalue weighted by molar-refractivity contribution is 0.0943. The van der Waals surface area contributed by atoms with Crippen molar-refractivity contribution >= 4 is 26.8 Å². The number of aryl methyl sites for hydroxylation is 1. The van der Waals surface area contributed by atoms with Crippen LogP contribution in [-0.4, -0.2) is 29.7 Å². The van der Waals surface area contributed by atoms with Gasteiger partial charge in [0.1, 0.15) is 11.7 Å². The molecule has 3 rings (SSSR count). The highest BCUT2D eigenvalue weighted by Crippen LogP contribution is 2.30. The predicted octanol–water partition coefficient (Wildman–Crippen LogP) is 1.52. The first kappa shape index (κ1) is 11.3.